The molecule has 0 saturated carbocycles. The number of epoxide rings is 1. The van der Waals surface area contributed by atoms with Gasteiger partial charge in [0.1, 0.15) is 6.10 Å². The highest BCUT2D eigenvalue weighted by Gasteiger charge is 2.35. The van der Waals surface area contributed by atoms with Crippen LogP contribution in [-0.2, 0) is 14.2 Å². The first-order valence-corrected chi connectivity index (χ1v) is 8.54. The number of unbranched alkanes of at least 4 members (excludes halogenated alkanes) is 1. The molecular formula is C19H26O3. The van der Waals surface area contributed by atoms with Crippen molar-refractivity contribution < 1.29 is 14.2 Å². The molecule has 0 bridgehead atoms. The molecule has 2 saturated heterocycles. The lowest BCUT2D eigenvalue weighted by atomic mass is 10.1. The topological polar surface area (TPSA) is 31.0 Å². The van der Waals surface area contributed by atoms with Crippen molar-refractivity contribution in [3.63, 3.8) is 0 Å². The van der Waals surface area contributed by atoms with E-state index in [4.69, 9.17) is 14.2 Å². The van der Waals surface area contributed by atoms with Gasteiger partial charge in [-0.25, -0.2) is 0 Å². The SMILES string of the molecule is C(=C\C1OC1CCCCOC1CCCCO1)/c1ccccc1. The molecule has 1 aromatic carbocycles. The Bertz CT molecular complexity index is 451. The lowest BCUT2D eigenvalue weighted by Gasteiger charge is -2.22. The summed E-state index contributed by atoms with van der Waals surface area (Å²) in [7, 11) is 0. The molecule has 3 nitrogen and oxygen atoms in total. The fraction of sp³-hybridized carbons (Fsp3) is 0.579. The van der Waals surface area contributed by atoms with Crippen molar-refractivity contribution in [1.82, 2.24) is 0 Å². The number of hydrogen-bond acceptors (Lipinski definition) is 3. The second-order valence-corrected chi connectivity index (χ2v) is 6.07. The van der Waals surface area contributed by atoms with Crippen LogP contribution in [0.1, 0.15) is 44.1 Å². The zero-order chi connectivity index (χ0) is 15.0. The second kappa shape index (κ2) is 8.47. The van der Waals surface area contributed by atoms with E-state index in [0.29, 0.717) is 12.2 Å². The molecular weight excluding hydrogens is 276 g/mol. The van der Waals surface area contributed by atoms with Crippen LogP contribution in [-0.4, -0.2) is 31.7 Å². The van der Waals surface area contributed by atoms with Gasteiger partial charge in [0.15, 0.2) is 6.29 Å². The van der Waals surface area contributed by atoms with E-state index in [1.807, 2.05) is 6.07 Å². The average Bonchev–Trinajstić information content (AvgIpc) is 3.33. The van der Waals surface area contributed by atoms with Crippen LogP contribution >= 0.6 is 0 Å². The molecule has 0 aromatic heterocycles. The van der Waals surface area contributed by atoms with Crippen molar-refractivity contribution >= 4 is 6.08 Å². The van der Waals surface area contributed by atoms with Gasteiger partial charge < -0.3 is 14.2 Å². The minimum absolute atomic E-state index is 0.0486. The highest BCUT2D eigenvalue weighted by atomic mass is 16.7. The summed E-state index contributed by atoms with van der Waals surface area (Å²) in [6, 6.07) is 10.4. The van der Waals surface area contributed by atoms with Crippen molar-refractivity contribution in [2.24, 2.45) is 0 Å². The van der Waals surface area contributed by atoms with Gasteiger partial charge in [-0.15, -0.1) is 0 Å². The minimum Gasteiger partial charge on any atom is -0.365 e. The van der Waals surface area contributed by atoms with Gasteiger partial charge in [-0.2, -0.15) is 0 Å². The van der Waals surface area contributed by atoms with E-state index < -0.39 is 0 Å². The molecule has 2 heterocycles. The number of rotatable bonds is 8. The number of ether oxygens (including phenoxy) is 3. The Balaban J connectivity index is 1.23. The Labute approximate surface area is 133 Å². The van der Waals surface area contributed by atoms with Gasteiger partial charge in [-0.05, 0) is 44.1 Å². The molecule has 22 heavy (non-hydrogen) atoms. The van der Waals surface area contributed by atoms with Gasteiger partial charge in [0.25, 0.3) is 0 Å². The fourth-order valence-electron chi connectivity index (χ4n) is 2.83. The molecule has 3 rings (SSSR count). The summed E-state index contributed by atoms with van der Waals surface area (Å²) in [6.45, 7) is 1.66. The van der Waals surface area contributed by atoms with Crippen LogP contribution in [0.25, 0.3) is 6.08 Å². The average molecular weight is 302 g/mol. The van der Waals surface area contributed by atoms with E-state index in [2.05, 4.69) is 36.4 Å². The van der Waals surface area contributed by atoms with Crippen LogP contribution in [0.5, 0.6) is 0 Å². The highest BCUT2D eigenvalue weighted by Crippen LogP contribution is 2.29. The molecule has 3 unspecified atom stereocenters. The van der Waals surface area contributed by atoms with Crippen molar-refractivity contribution in [1.29, 1.82) is 0 Å². The smallest absolute Gasteiger partial charge is 0.157 e. The quantitative estimate of drug-likeness (QED) is 0.533. The normalized spacial score (nSPS) is 28.1. The largest absolute Gasteiger partial charge is 0.365 e. The number of hydrogen-bond donors (Lipinski definition) is 0. The molecule has 0 radical (unpaired) electrons. The Morgan fingerprint density at radius 1 is 1.14 bits per heavy atom. The van der Waals surface area contributed by atoms with Gasteiger partial charge in [0.2, 0.25) is 0 Å². The lowest BCUT2D eigenvalue weighted by Crippen LogP contribution is -2.22. The maximum absolute atomic E-state index is 5.74. The predicted molar refractivity (Wildman–Crippen MR) is 87.5 cm³/mol. The van der Waals surface area contributed by atoms with Crippen LogP contribution < -0.4 is 0 Å². The summed E-state index contributed by atoms with van der Waals surface area (Å²) in [4.78, 5) is 0. The maximum Gasteiger partial charge on any atom is 0.157 e. The van der Waals surface area contributed by atoms with Crippen LogP contribution in [0.15, 0.2) is 36.4 Å². The third-order valence-corrected chi connectivity index (χ3v) is 4.22. The third-order valence-electron chi connectivity index (χ3n) is 4.22. The van der Waals surface area contributed by atoms with Crippen molar-refractivity contribution in [2.75, 3.05) is 13.2 Å². The third kappa shape index (κ3) is 5.24. The maximum atomic E-state index is 5.74. The van der Waals surface area contributed by atoms with Crippen LogP contribution in [0.4, 0.5) is 0 Å². The van der Waals surface area contributed by atoms with E-state index in [0.717, 1.165) is 38.9 Å². The Hall–Kier alpha value is -1.16. The van der Waals surface area contributed by atoms with E-state index in [9.17, 15) is 0 Å². The highest BCUT2D eigenvalue weighted by molar-refractivity contribution is 5.49. The second-order valence-electron chi connectivity index (χ2n) is 6.07. The van der Waals surface area contributed by atoms with Gasteiger partial charge in [-0.3, -0.25) is 0 Å². The molecule has 0 aliphatic carbocycles. The van der Waals surface area contributed by atoms with E-state index in [-0.39, 0.29) is 6.29 Å². The Morgan fingerprint density at radius 3 is 2.86 bits per heavy atom. The monoisotopic (exact) mass is 302 g/mol. The molecule has 0 amide bonds. The van der Waals surface area contributed by atoms with E-state index in [1.54, 1.807) is 0 Å². The molecule has 0 N–H and O–H groups in total. The van der Waals surface area contributed by atoms with Gasteiger partial charge in [0, 0.05) is 13.2 Å². The van der Waals surface area contributed by atoms with Crippen molar-refractivity contribution in [2.45, 2.75) is 57.0 Å². The van der Waals surface area contributed by atoms with E-state index in [1.165, 1.54) is 18.4 Å². The fourth-order valence-corrected chi connectivity index (χ4v) is 2.83. The van der Waals surface area contributed by atoms with Gasteiger partial charge >= 0.3 is 0 Å². The van der Waals surface area contributed by atoms with E-state index >= 15 is 0 Å². The standard InChI is InChI=1S/C19H26O3/c1-2-8-16(9-3-1)12-13-18-17(22-18)10-4-6-14-20-19-11-5-7-15-21-19/h1-3,8-9,12-13,17-19H,4-7,10-11,14-15H2/b13-12+. The van der Waals surface area contributed by atoms with Crippen LogP contribution in [0.3, 0.4) is 0 Å². The first kappa shape index (κ1) is 15.7. The molecule has 0 spiro atoms. The summed E-state index contributed by atoms with van der Waals surface area (Å²) in [5.41, 5.74) is 1.23. The molecule has 3 heteroatoms. The molecule has 2 aliphatic heterocycles. The van der Waals surface area contributed by atoms with Crippen LogP contribution in [0.2, 0.25) is 0 Å². The molecule has 2 fully saturated rings. The lowest BCUT2D eigenvalue weighted by molar-refractivity contribution is -0.162. The zero-order valence-electron chi connectivity index (χ0n) is 13.2. The van der Waals surface area contributed by atoms with Gasteiger partial charge in [0.05, 0.1) is 6.10 Å². The predicted octanol–water partition coefficient (Wildman–Crippen LogP) is 4.18. The number of benzene rings is 1. The minimum atomic E-state index is 0.0486. The summed E-state index contributed by atoms with van der Waals surface area (Å²) in [5, 5.41) is 0. The Morgan fingerprint density at radius 2 is 2.05 bits per heavy atom. The molecule has 1 aromatic rings. The first-order valence-electron chi connectivity index (χ1n) is 8.54. The molecule has 3 atom stereocenters. The summed E-state index contributed by atoms with van der Waals surface area (Å²) in [6.07, 6.45) is 11.9. The van der Waals surface area contributed by atoms with Crippen LogP contribution in [0, 0.1) is 0 Å². The Kier molecular flexibility index (Phi) is 6.05. The first-order chi connectivity index (χ1) is 10.9. The molecule has 120 valence electrons. The summed E-state index contributed by atoms with van der Waals surface area (Å²) < 4.78 is 17.0. The van der Waals surface area contributed by atoms with Crippen molar-refractivity contribution in [3.8, 4) is 0 Å². The van der Waals surface area contributed by atoms with Gasteiger partial charge in [-0.1, -0.05) is 42.5 Å². The molecule has 2 aliphatic rings. The van der Waals surface area contributed by atoms with Crippen molar-refractivity contribution in [3.05, 3.63) is 42.0 Å². The summed E-state index contributed by atoms with van der Waals surface area (Å²) >= 11 is 0. The summed E-state index contributed by atoms with van der Waals surface area (Å²) in [5.74, 6) is 0. The zero-order valence-corrected chi connectivity index (χ0v) is 13.2.